The predicted octanol–water partition coefficient (Wildman–Crippen LogP) is 4.36. The summed E-state index contributed by atoms with van der Waals surface area (Å²) in [5.74, 6) is -0.569. The van der Waals surface area contributed by atoms with Gasteiger partial charge in [0.25, 0.3) is 0 Å². The van der Waals surface area contributed by atoms with Crippen LogP contribution in [0.25, 0.3) is 0 Å². The van der Waals surface area contributed by atoms with Crippen LogP contribution in [0.2, 0.25) is 5.02 Å². The number of benzene rings is 2. The monoisotopic (exact) mass is 306 g/mol. The van der Waals surface area contributed by atoms with Crippen molar-refractivity contribution in [3.8, 4) is 0 Å². The molecule has 110 valence electrons. The molecule has 2 rings (SSSR count). The van der Waals surface area contributed by atoms with Crippen LogP contribution in [0.4, 0.5) is 15.8 Å². The van der Waals surface area contributed by atoms with Crippen molar-refractivity contribution in [3.63, 3.8) is 0 Å². The maximum atomic E-state index is 13.8. The summed E-state index contributed by atoms with van der Waals surface area (Å²) in [6.45, 7) is 3.78. The van der Waals surface area contributed by atoms with E-state index in [1.165, 1.54) is 19.1 Å². The van der Waals surface area contributed by atoms with Crippen molar-refractivity contribution in [2.75, 3.05) is 10.6 Å². The van der Waals surface area contributed by atoms with Gasteiger partial charge in [0.1, 0.15) is 5.82 Å². The summed E-state index contributed by atoms with van der Waals surface area (Å²) >= 11 is 6.06. The molecule has 0 unspecified atom stereocenters. The number of amides is 1. The smallest absolute Gasteiger partial charge is 0.221 e. The van der Waals surface area contributed by atoms with Crippen molar-refractivity contribution in [1.29, 1.82) is 0 Å². The topological polar surface area (TPSA) is 41.1 Å². The van der Waals surface area contributed by atoms with Gasteiger partial charge in [0.15, 0.2) is 0 Å². The van der Waals surface area contributed by atoms with E-state index < -0.39 is 0 Å². The lowest BCUT2D eigenvalue weighted by atomic mass is 10.1. The van der Waals surface area contributed by atoms with Crippen LogP contribution in [-0.4, -0.2) is 5.91 Å². The fraction of sp³-hybridized carbons (Fsp3) is 0.188. The number of hydrogen-bond acceptors (Lipinski definition) is 2. The Balaban J connectivity index is 2.11. The van der Waals surface area contributed by atoms with Crippen molar-refractivity contribution in [1.82, 2.24) is 0 Å². The molecule has 0 aliphatic heterocycles. The van der Waals surface area contributed by atoms with Crippen LogP contribution in [0.5, 0.6) is 0 Å². The van der Waals surface area contributed by atoms with Gasteiger partial charge in [-0.25, -0.2) is 4.39 Å². The summed E-state index contributed by atoms with van der Waals surface area (Å²) < 4.78 is 13.8. The van der Waals surface area contributed by atoms with E-state index >= 15 is 0 Å². The van der Waals surface area contributed by atoms with Crippen LogP contribution >= 0.6 is 11.6 Å². The third-order valence-electron chi connectivity index (χ3n) is 3.01. The Morgan fingerprint density at radius 3 is 2.67 bits per heavy atom. The van der Waals surface area contributed by atoms with E-state index in [2.05, 4.69) is 10.6 Å². The third kappa shape index (κ3) is 4.20. The Labute approximate surface area is 128 Å². The molecule has 0 atom stereocenters. The number of nitrogens with one attached hydrogen (secondary N) is 2. The lowest BCUT2D eigenvalue weighted by molar-refractivity contribution is -0.114. The van der Waals surface area contributed by atoms with Crippen molar-refractivity contribution >= 4 is 28.9 Å². The summed E-state index contributed by atoms with van der Waals surface area (Å²) in [5, 5.41) is 6.31. The molecule has 0 bridgehead atoms. The zero-order valence-electron chi connectivity index (χ0n) is 11.8. The SMILES string of the molecule is CC(=O)Nc1ccc(F)c(NCc2ccc(C)c(Cl)c2)c1. The van der Waals surface area contributed by atoms with Crippen LogP contribution in [0.15, 0.2) is 36.4 Å². The van der Waals surface area contributed by atoms with Crippen molar-refractivity contribution in [2.45, 2.75) is 20.4 Å². The Hall–Kier alpha value is -2.07. The van der Waals surface area contributed by atoms with Gasteiger partial charge in [0.05, 0.1) is 5.69 Å². The summed E-state index contributed by atoms with van der Waals surface area (Å²) in [6, 6.07) is 10.1. The average Bonchev–Trinajstić information content (AvgIpc) is 2.42. The highest BCUT2D eigenvalue weighted by Crippen LogP contribution is 2.22. The average molecular weight is 307 g/mol. The van der Waals surface area contributed by atoms with E-state index in [0.717, 1.165) is 11.1 Å². The zero-order valence-corrected chi connectivity index (χ0v) is 12.6. The molecule has 1 amide bonds. The number of halogens is 2. The van der Waals surface area contributed by atoms with Crippen LogP contribution in [0, 0.1) is 12.7 Å². The molecule has 2 aromatic carbocycles. The number of anilines is 2. The fourth-order valence-electron chi connectivity index (χ4n) is 1.89. The molecule has 5 heteroatoms. The second-order valence-corrected chi connectivity index (χ2v) is 5.22. The van der Waals surface area contributed by atoms with Gasteiger partial charge in [-0.2, -0.15) is 0 Å². The molecular formula is C16H16ClFN2O. The predicted molar refractivity (Wildman–Crippen MR) is 84.2 cm³/mol. The van der Waals surface area contributed by atoms with E-state index in [1.54, 1.807) is 6.07 Å². The molecule has 0 fully saturated rings. The molecule has 0 radical (unpaired) electrons. The summed E-state index contributed by atoms with van der Waals surface area (Å²) in [6.07, 6.45) is 0. The molecule has 0 aliphatic carbocycles. The minimum absolute atomic E-state index is 0.196. The minimum Gasteiger partial charge on any atom is -0.379 e. The standard InChI is InChI=1S/C16H16ClFN2O/c1-10-3-4-12(7-14(10)17)9-19-16-8-13(20-11(2)21)5-6-15(16)18/h3-8,19H,9H2,1-2H3,(H,20,21). The normalized spacial score (nSPS) is 10.3. The van der Waals surface area contributed by atoms with E-state index in [1.807, 2.05) is 25.1 Å². The Morgan fingerprint density at radius 2 is 2.00 bits per heavy atom. The number of carbonyl (C=O) groups excluding carboxylic acids is 1. The first-order chi connectivity index (χ1) is 9.95. The van der Waals surface area contributed by atoms with Gasteiger partial charge in [-0.3, -0.25) is 4.79 Å². The van der Waals surface area contributed by atoms with Gasteiger partial charge in [0, 0.05) is 24.2 Å². The molecule has 2 N–H and O–H groups in total. The first-order valence-corrected chi connectivity index (χ1v) is 6.89. The van der Waals surface area contributed by atoms with E-state index in [9.17, 15) is 9.18 Å². The number of carbonyl (C=O) groups is 1. The Kier molecular flexibility index (Phi) is 4.81. The second-order valence-electron chi connectivity index (χ2n) is 4.81. The van der Waals surface area contributed by atoms with Gasteiger partial charge < -0.3 is 10.6 Å². The summed E-state index contributed by atoms with van der Waals surface area (Å²) in [7, 11) is 0. The molecule has 21 heavy (non-hydrogen) atoms. The molecule has 3 nitrogen and oxygen atoms in total. The van der Waals surface area contributed by atoms with Crippen molar-refractivity contribution in [2.24, 2.45) is 0 Å². The summed E-state index contributed by atoms with van der Waals surface area (Å²) in [5.41, 5.74) is 2.83. The first-order valence-electron chi connectivity index (χ1n) is 6.52. The molecule has 0 aliphatic rings. The van der Waals surface area contributed by atoms with Gasteiger partial charge in [-0.05, 0) is 42.3 Å². The molecule has 2 aromatic rings. The largest absolute Gasteiger partial charge is 0.379 e. The van der Waals surface area contributed by atoms with E-state index in [4.69, 9.17) is 11.6 Å². The van der Waals surface area contributed by atoms with Gasteiger partial charge in [0.2, 0.25) is 5.91 Å². The van der Waals surface area contributed by atoms with E-state index in [0.29, 0.717) is 22.9 Å². The van der Waals surface area contributed by atoms with Crippen molar-refractivity contribution in [3.05, 3.63) is 58.4 Å². The third-order valence-corrected chi connectivity index (χ3v) is 3.41. The van der Waals surface area contributed by atoms with Crippen LogP contribution < -0.4 is 10.6 Å². The second kappa shape index (κ2) is 6.59. The van der Waals surface area contributed by atoms with Crippen LogP contribution in [-0.2, 0) is 11.3 Å². The zero-order chi connectivity index (χ0) is 15.4. The Morgan fingerprint density at radius 1 is 1.24 bits per heavy atom. The van der Waals surface area contributed by atoms with Crippen LogP contribution in [0.3, 0.4) is 0 Å². The number of rotatable bonds is 4. The van der Waals surface area contributed by atoms with Gasteiger partial charge >= 0.3 is 0 Å². The minimum atomic E-state index is -0.373. The van der Waals surface area contributed by atoms with E-state index in [-0.39, 0.29) is 11.7 Å². The number of hydrogen-bond donors (Lipinski definition) is 2. The summed E-state index contributed by atoms with van der Waals surface area (Å²) in [4.78, 5) is 11.0. The molecule has 0 spiro atoms. The van der Waals surface area contributed by atoms with Crippen LogP contribution in [0.1, 0.15) is 18.1 Å². The lowest BCUT2D eigenvalue weighted by Crippen LogP contribution is -2.07. The van der Waals surface area contributed by atoms with Crippen molar-refractivity contribution < 1.29 is 9.18 Å². The molecule has 0 aromatic heterocycles. The highest BCUT2D eigenvalue weighted by Gasteiger charge is 2.05. The molecule has 0 saturated heterocycles. The highest BCUT2D eigenvalue weighted by molar-refractivity contribution is 6.31. The lowest BCUT2D eigenvalue weighted by Gasteiger charge is -2.11. The molecule has 0 heterocycles. The fourth-order valence-corrected chi connectivity index (χ4v) is 2.09. The van der Waals surface area contributed by atoms with Gasteiger partial charge in [-0.1, -0.05) is 23.7 Å². The maximum Gasteiger partial charge on any atom is 0.221 e. The number of aryl methyl sites for hydroxylation is 1. The molecular weight excluding hydrogens is 291 g/mol. The maximum absolute atomic E-state index is 13.8. The van der Waals surface area contributed by atoms with Gasteiger partial charge in [-0.15, -0.1) is 0 Å². The first kappa shape index (κ1) is 15.3. The Bertz CT molecular complexity index is 673. The quantitative estimate of drug-likeness (QED) is 0.881. The highest BCUT2D eigenvalue weighted by atomic mass is 35.5. The molecule has 0 saturated carbocycles.